The number of hydrogen-bond acceptors (Lipinski definition) is 5. The third kappa shape index (κ3) is 2.42. The van der Waals surface area contributed by atoms with Crippen LogP contribution in [0.5, 0.6) is 0 Å². The summed E-state index contributed by atoms with van der Waals surface area (Å²) in [7, 11) is 0. The molecule has 0 fully saturated rings. The van der Waals surface area contributed by atoms with Crippen LogP contribution in [0.4, 0.5) is 5.69 Å². The summed E-state index contributed by atoms with van der Waals surface area (Å²) in [6, 6.07) is 9.93. The van der Waals surface area contributed by atoms with E-state index in [-0.39, 0.29) is 11.4 Å². The number of furan rings is 1. The predicted octanol–water partition coefficient (Wildman–Crippen LogP) is 2.36. The number of imidazole rings is 1. The number of rotatable bonds is 3. The van der Waals surface area contributed by atoms with Gasteiger partial charge in [0.25, 0.3) is 5.91 Å². The molecule has 23 heavy (non-hydrogen) atoms. The first-order valence-electron chi connectivity index (χ1n) is 6.73. The molecule has 8 heteroatoms. The number of benzene rings is 1. The third-order valence-electron chi connectivity index (χ3n) is 3.28. The van der Waals surface area contributed by atoms with Crippen molar-refractivity contribution in [1.29, 1.82) is 0 Å². The summed E-state index contributed by atoms with van der Waals surface area (Å²) >= 11 is 0. The largest absolute Gasteiger partial charge is 0.461 e. The highest BCUT2D eigenvalue weighted by molar-refractivity contribution is 6.04. The second-order valence-corrected chi connectivity index (χ2v) is 4.85. The topological polar surface area (TPSA) is 117 Å². The van der Waals surface area contributed by atoms with Gasteiger partial charge in [-0.05, 0) is 30.3 Å². The summed E-state index contributed by atoms with van der Waals surface area (Å²) in [5.74, 6) is 0.428. The fraction of sp³-hybridized carbons (Fsp3) is 0. The highest BCUT2D eigenvalue weighted by Crippen LogP contribution is 2.21. The number of fused-ring (bicyclic) bond motifs is 1. The van der Waals surface area contributed by atoms with Gasteiger partial charge in [-0.1, -0.05) is 5.16 Å². The monoisotopic (exact) mass is 310 g/mol. The molecule has 3 heterocycles. The molecule has 3 aromatic heterocycles. The van der Waals surface area contributed by atoms with Crippen molar-refractivity contribution in [2.24, 2.45) is 0 Å². The number of nitrogens with zero attached hydrogens (tertiary/aromatic N) is 1. The Morgan fingerprint density at radius 2 is 1.96 bits per heavy atom. The number of aromatic amines is 2. The lowest BCUT2D eigenvalue weighted by Gasteiger charge is -2.02. The molecule has 0 radical (unpaired) electrons. The maximum absolute atomic E-state index is 12.2. The molecule has 0 saturated carbocycles. The lowest BCUT2D eigenvalue weighted by molar-refractivity contribution is 0.101. The lowest BCUT2D eigenvalue weighted by Crippen LogP contribution is -2.12. The number of aromatic nitrogens is 3. The van der Waals surface area contributed by atoms with Crippen LogP contribution in [-0.2, 0) is 0 Å². The number of carbonyl (C=O) groups excluding carboxylic acids is 1. The second kappa shape index (κ2) is 5.02. The molecule has 1 amide bonds. The summed E-state index contributed by atoms with van der Waals surface area (Å²) in [5.41, 5.74) is 1.61. The fourth-order valence-electron chi connectivity index (χ4n) is 2.22. The first-order chi connectivity index (χ1) is 11.2. The van der Waals surface area contributed by atoms with E-state index < -0.39 is 5.91 Å². The zero-order chi connectivity index (χ0) is 15.8. The zero-order valence-electron chi connectivity index (χ0n) is 11.6. The molecule has 4 aromatic rings. The molecule has 0 spiro atoms. The van der Waals surface area contributed by atoms with Gasteiger partial charge in [0.2, 0.25) is 5.76 Å². The molecule has 8 nitrogen and oxygen atoms in total. The SMILES string of the molecule is O=C(Nc1ccc2[nH]c(=O)[nH]c2c1)c1cc(-c2ccco2)on1. The quantitative estimate of drug-likeness (QED) is 0.537. The Labute approximate surface area is 128 Å². The van der Waals surface area contributed by atoms with Crippen LogP contribution >= 0.6 is 0 Å². The molecule has 0 aliphatic heterocycles. The molecule has 0 unspecified atom stereocenters. The minimum atomic E-state index is -0.427. The van der Waals surface area contributed by atoms with Crippen LogP contribution < -0.4 is 11.0 Å². The van der Waals surface area contributed by atoms with Gasteiger partial charge in [-0.3, -0.25) is 4.79 Å². The maximum Gasteiger partial charge on any atom is 0.323 e. The Hall–Kier alpha value is -3.55. The van der Waals surface area contributed by atoms with E-state index >= 15 is 0 Å². The van der Waals surface area contributed by atoms with E-state index in [2.05, 4.69) is 20.4 Å². The standard InChI is InChI=1S/C15H10N4O4/c20-14(11-7-13(23-19-11)12-2-1-5-22-12)16-8-3-4-9-10(6-8)18-15(21)17-9/h1-7H,(H,16,20)(H2,17,18,21). The minimum Gasteiger partial charge on any atom is -0.461 e. The minimum absolute atomic E-state index is 0.124. The van der Waals surface area contributed by atoms with Gasteiger partial charge in [0, 0.05) is 11.8 Å². The zero-order valence-corrected chi connectivity index (χ0v) is 11.6. The molecule has 0 bridgehead atoms. The lowest BCUT2D eigenvalue weighted by atomic mass is 10.2. The van der Waals surface area contributed by atoms with Crippen LogP contribution in [0.2, 0.25) is 0 Å². The Balaban J connectivity index is 1.57. The van der Waals surface area contributed by atoms with E-state index in [1.807, 2.05) is 0 Å². The van der Waals surface area contributed by atoms with E-state index in [9.17, 15) is 9.59 Å². The third-order valence-corrected chi connectivity index (χ3v) is 3.28. The van der Waals surface area contributed by atoms with Crippen LogP contribution in [-0.4, -0.2) is 21.0 Å². The van der Waals surface area contributed by atoms with Gasteiger partial charge in [0.1, 0.15) is 0 Å². The summed E-state index contributed by atoms with van der Waals surface area (Å²) in [6.45, 7) is 0. The molecular formula is C15H10N4O4. The average Bonchev–Trinajstić information content (AvgIpc) is 3.26. The normalized spacial score (nSPS) is 11.0. The highest BCUT2D eigenvalue weighted by atomic mass is 16.5. The predicted molar refractivity (Wildman–Crippen MR) is 81.1 cm³/mol. The van der Waals surface area contributed by atoms with Crippen molar-refractivity contribution in [1.82, 2.24) is 15.1 Å². The summed E-state index contributed by atoms with van der Waals surface area (Å²) in [5, 5.41) is 6.41. The molecule has 0 saturated heterocycles. The van der Waals surface area contributed by atoms with Crippen LogP contribution in [0, 0.1) is 0 Å². The number of nitrogens with one attached hydrogen (secondary N) is 3. The van der Waals surface area contributed by atoms with Gasteiger partial charge in [0.15, 0.2) is 11.5 Å². The van der Waals surface area contributed by atoms with Crippen molar-refractivity contribution in [3.8, 4) is 11.5 Å². The van der Waals surface area contributed by atoms with Gasteiger partial charge >= 0.3 is 5.69 Å². The van der Waals surface area contributed by atoms with Gasteiger partial charge in [0.05, 0.1) is 17.3 Å². The van der Waals surface area contributed by atoms with Crippen LogP contribution in [0.1, 0.15) is 10.5 Å². The van der Waals surface area contributed by atoms with Crippen LogP contribution in [0.15, 0.2) is 56.4 Å². The van der Waals surface area contributed by atoms with Gasteiger partial charge in [-0.25, -0.2) is 4.79 Å². The number of amides is 1. The fourth-order valence-corrected chi connectivity index (χ4v) is 2.22. The molecule has 3 N–H and O–H groups in total. The first kappa shape index (κ1) is 13.1. The van der Waals surface area contributed by atoms with E-state index in [1.165, 1.54) is 12.3 Å². The molecule has 114 valence electrons. The van der Waals surface area contributed by atoms with Gasteiger partial charge < -0.3 is 24.2 Å². The van der Waals surface area contributed by atoms with Crippen molar-refractivity contribution in [2.75, 3.05) is 5.32 Å². The molecule has 0 atom stereocenters. The van der Waals surface area contributed by atoms with Gasteiger partial charge in [-0.2, -0.15) is 0 Å². The molecule has 4 rings (SSSR count). The molecule has 0 aliphatic rings. The summed E-state index contributed by atoms with van der Waals surface area (Å²) < 4.78 is 10.3. The van der Waals surface area contributed by atoms with Crippen molar-refractivity contribution in [2.45, 2.75) is 0 Å². The van der Waals surface area contributed by atoms with Crippen LogP contribution in [0.3, 0.4) is 0 Å². The Morgan fingerprint density at radius 3 is 2.78 bits per heavy atom. The van der Waals surface area contributed by atoms with Crippen LogP contribution in [0.25, 0.3) is 22.6 Å². The molecule has 0 aliphatic carbocycles. The van der Waals surface area contributed by atoms with E-state index in [0.717, 1.165) is 0 Å². The molecule has 1 aromatic carbocycles. The highest BCUT2D eigenvalue weighted by Gasteiger charge is 2.15. The maximum atomic E-state index is 12.2. The Bertz CT molecular complexity index is 1040. The average molecular weight is 310 g/mol. The number of hydrogen-bond donors (Lipinski definition) is 3. The van der Waals surface area contributed by atoms with Crippen molar-refractivity contribution in [3.63, 3.8) is 0 Å². The smallest absolute Gasteiger partial charge is 0.323 e. The Morgan fingerprint density at radius 1 is 1.09 bits per heavy atom. The van der Waals surface area contributed by atoms with Crippen molar-refractivity contribution in [3.05, 3.63) is 58.8 Å². The van der Waals surface area contributed by atoms with Crippen molar-refractivity contribution < 1.29 is 13.7 Å². The number of carbonyl (C=O) groups is 1. The molecular weight excluding hydrogens is 300 g/mol. The summed E-state index contributed by atoms with van der Waals surface area (Å²) in [4.78, 5) is 28.7. The van der Waals surface area contributed by atoms with Gasteiger partial charge in [-0.15, -0.1) is 0 Å². The Kier molecular flexibility index (Phi) is 2.87. The number of H-pyrrole nitrogens is 2. The van der Waals surface area contributed by atoms with E-state index in [0.29, 0.717) is 28.2 Å². The van der Waals surface area contributed by atoms with Crippen molar-refractivity contribution >= 4 is 22.6 Å². The van der Waals surface area contributed by atoms with E-state index in [4.69, 9.17) is 8.94 Å². The number of anilines is 1. The first-order valence-corrected chi connectivity index (χ1v) is 6.73. The summed E-state index contributed by atoms with van der Waals surface area (Å²) in [6.07, 6.45) is 1.50. The second-order valence-electron chi connectivity index (χ2n) is 4.85. The van der Waals surface area contributed by atoms with E-state index in [1.54, 1.807) is 30.3 Å².